The van der Waals surface area contributed by atoms with Crippen molar-refractivity contribution in [1.29, 1.82) is 0 Å². The van der Waals surface area contributed by atoms with Gasteiger partial charge in [0, 0.05) is 38.4 Å². The fourth-order valence-electron chi connectivity index (χ4n) is 2.42. The molecule has 1 saturated heterocycles. The maximum absolute atomic E-state index is 13.0. The van der Waals surface area contributed by atoms with Crippen molar-refractivity contribution in [2.75, 3.05) is 38.5 Å². The molecule has 0 amide bonds. The molecule has 0 unspecified atom stereocenters. The second kappa shape index (κ2) is 9.52. The molecule has 1 fully saturated rings. The molecule has 0 atom stereocenters. The molecule has 0 aliphatic carbocycles. The van der Waals surface area contributed by atoms with Crippen LogP contribution in [0.1, 0.15) is 5.56 Å². The van der Waals surface area contributed by atoms with Crippen molar-refractivity contribution >= 4 is 30.5 Å². The zero-order valence-corrected chi connectivity index (χ0v) is 14.1. The van der Waals surface area contributed by atoms with Crippen LogP contribution in [-0.2, 0) is 6.54 Å². The third-order valence-electron chi connectivity index (χ3n) is 3.58. The van der Waals surface area contributed by atoms with Gasteiger partial charge in [-0.25, -0.2) is 8.78 Å². The highest BCUT2D eigenvalue weighted by Gasteiger charge is 2.42. The average Bonchev–Trinajstić information content (AvgIpc) is 2.40. The first-order chi connectivity index (χ1) is 9.87. The van der Waals surface area contributed by atoms with Crippen LogP contribution >= 0.6 is 24.8 Å². The van der Waals surface area contributed by atoms with Crippen molar-refractivity contribution in [3.05, 3.63) is 29.8 Å². The van der Waals surface area contributed by atoms with Gasteiger partial charge in [0.1, 0.15) is 0 Å². The number of nitrogen functional groups attached to an aromatic ring is 1. The fourth-order valence-corrected chi connectivity index (χ4v) is 2.42. The van der Waals surface area contributed by atoms with Crippen LogP contribution in [0.2, 0.25) is 0 Å². The monoisotopic (exact) mass is 377 g/mol. The minimum absolute atomic E-state index is 0. The molecule has 1 aliphatic rings. The first-order valence-electron chi connectivity index (χ1n) is 6.82. The number of benzene rings is 1. The largest absolute Gasteiger partial charge is 0.399 e. The summed E-state index contributed by atoms with van der Waals surface area (Å²) in [7, 11) is 0. The third-order valence-corrected chi connectivity index (χ3v) is 3.58. The molecule has 0 aromatic heterocycles. The molecule has 2 N–H and O–H groups in total. The van der Waals surface area contributed by atoms with Crippen molar-refractivity contribution < 1.29 is 17.6 Å². The van der Waals surface area contributed by atoms with Gasteiger partial charge in [0.15, 0.2) is 0 Å². The molecule has 0 spiro atoms. The van der Waals surface area contributed by atoms with E-state index in [-0.39, 0.29) is 24.8 Å². The fraction of sp³-hybridized carbons (Fsp3) is 0.571. The maximum atomic E-state index is 13.0. The quantitative estimate of drug-likeness (QED) is 0.631. The van der Waals surface area contributed by atoms with E-state index in [4.69, 9.17) is 5.73 Å². The molecule has 3 nitrogen and oxygen atoms in total. The molecule has 23 heavy (non-hydrogen) atoms. The van der Waals surface area contributed by atoms with E-state index in [1.54, 1.807) is 6.07 Å². The highest BCUT2D eigenvalue weighted by Crippen LogP contribution is 2.24. The molecule has 134 valence electrons. The molecule has 1 heterocycles. The Morgan fingerprint density at radius 3 is 2.13 bits per heavy atom. The lowest BCUT2D eigenvalue weighted by Gasteiger charge is -2.36. The number of nitrogens with two attached hydrogens (primary N) is 1. The highest BCUT2D eigenvalue weighted by molar-refractivity contribution is 5.85. The summed E-state index contributed by atoms with van der Waals surface area (Å²) in [5.74, 6) is -3.93. The summed E-state index contributed by atoms with van der Waals surface area (Å²) in [4.78, 5) is 3.49. The second-order valence-corrected chi connectivity index (χ2v) is 5.36. The number of nitrogens with zero attached hydrogens (tertiary/aromatic N) is 2. The third kappa shape index (κ3) is 6.71. The predicted octanol–water partition coefficient (Wildman–Crippen LogP) is 3.13. The van der Waals surface area contributed by atoms with Crippen molar-refractivity contribution in [3.63, 3.8) is 0 Å². The van der Waals surface area contributed by atoms with E-state index in [0.717, 1.165) is 5.56 Å². The van der Waals surface area contributed by atoms with Gasteiger partial charge in [-0.1, -0.05) is 12.1 Å². The first-order valence-corrected chi connectivity index (χ1v) is 6.82. The SMILES string of the molecule is Cl.Cl.Nc1cccc(CN2CCN(CC(F)(F)C(F)F)CC2)c1. The Balaban J connectivity index is 0.00000242. The summed E-state index contributed by atoms with van der Waals surface area (Å²) >= 11 is 0. The number of halogens is 6. The van der Waals surface area contributed by atoms with E-state index in [2.05, 4.69) is 4.90 Å². The number of rotatable bonds is 5. The van der Waals surface area contributed by atoms with Crippen LogP contribution in [0.3, 0.4) is 0 Å². The molecular formula is C14H21Cl2F4N3. The van der Waals surface area contributed by atoms with Crippen molar-refractivity contribution in [1.82, 2.24) is 9.80 Å². The topological polar surface area (TPSA) is 32.5 Å². The summed E-state index contributed by atoms with van der Waals surface area (Å²) < 4.78 is 50.3. The van der Waals surface area contributed by atoms with E-state index in [1.807, 2.05) is 18.2 Å². The van der Waals surface area contributed by atoms with Gasteiger partial charge in [-0.05, 0) is 17.7 Å². The van der Waals surface area contributed by atoms with Crippen LogP contribution in [0, 0.1) is 0 Å². The second-order valence-electron chi connectivity index (χ2n) is 5.36. The van der Waals surface area contributed by atoms with Crippen LogP contribution < -0.4 is 5.73 Å². The van der Waals surface area contributed by atoms with Crippen LogP contribution in [0.5, 0.6) is 0 Å². The summed E-state index contributed by atoms with van der Waals surface area (Å²) in [5.41, 5.74) is 7.44. The number of hydrogen-bond donors (Lipinski definition) is 1. The number of hydrogen-bond acceptors (Lipinski definition) is 3. The van der Waals surface area contributed by atoms with Crippen molar-refractivity contribution in [3.8, 4) is 0 Å². The maximum Gasteiger partial charge on any atom is 0.319 e. The lowest BCUT2D eigenvalue weighted by molar-refractivity contribution is -0.145. The average molecular weight is 378 g/mol. The van der Waals surface area contributed by atoms with Gasteiger partial charge in [0.25, 0.3) is 0 Å². The molecule has 1 aromatic rings. The summed E-state index contributed by atoms with van der Waals surface area (Å²) in [6.07, 6.45) is -3.61. The Morgan fingerprint density at radius 1 is 1.04 bits per heavy atom. The van der Waals surface area contributed by atoms with Gasteiger partial charge in [0.2, 0.25) is 0 Å². The zero-order chi connectivity index (χ0) is 15.5. The van der Waals surface area contributed by atoms with E-state index < -0.39 is 18.9 Å². The molecule has 1 aliphatic heterocycles. The Bertz CT molecular complexity index is 469. The smallest absolute Gasteiger partial charge is 0.319 e. The lowest BCUT2D eigenvalue weighted by atomic mass is 10.1. The first kappa shape index (κ1) is 22.2. The van der Waals surface area contributed by atoms with Gasteiger partial charge in [-0.2, -0.15) is 8.78 Å². The van der Waals surface area contributed by atoms with E-state index in [9.17, 15) is 17.6 Å². The molecule has 2 rings (SSSR count). The van der Waals surface area contributed by atoms with Crippen LogP contribution in [-0.4, -0.2) is 54.9 Å². The van der Waals surface area contributed by atoms with Gasteiger partial charge in [-0.15, -0.1) is 24.8 Å². The molecule has 0 saturated carbocycles. The minimum atomic E-state index is -3.93. The number of anilines is 1. The normalized spacial score (nSPS) is 16.7. The van der Waals surface area contributed by atoms with Crippen molar-refractivity contribution in [2.24, 2.45) is 0 Å². The molecule has 9 heteroatoms. The van der Waals surface area contributed by atoms with E-state index in [1.165, 1.54) is 4.90 Å². The number of alkyl halides is 4. The van der Waals surface area contributed by atoms with E-state index >= 15 is 0 Å². The standard InChI is InChI=1S/C14H19F4N3.2ClH/c15-13(16)14(17,18)10-21-6-4-20(5-7-21)9-11-2-1-3-12(19)8-11;;/h1-3,8,13H,4-7,9-10,19H2;2*1H. The summed E-state index contributed by atoms with van der Waals surface area (Å²) in [6.45, 7) is 1.69. The number of piperazine rings is 1. The van der Waals surface area contributed by atoms with Gasteiger partial charge < -0.3 is 5.73 Å². The highest BCUT2D eigenvalue weighted by atomic mass is 35.5. The Labute approximate surface area is 145 Å². The van der Waals surface area contributed by atoms with Gasteiger partial charge >= 0.3 is 12.3 Å². The molecule has 1 aromatic carbocycles. The van der Waals surface area contributed by atoms with Crippen LogP contribution in [0.4, 0.5) is 23.2 Å². The zero-order valence-electron chi connectivity index (χ0n) is 12.4. The molecule has 0 radical (unpaired) electrons. The summed E-state index contributed by atoms with van der Waals surface area (Å²) in [5, 5.41) is 0. The predicted molar refractivity (Wildman–Crippen MR) is 88.0 cm³/mol. The Hall–Kier alpha value is -0.760. The van der Waals surface area contributed by atoms with Gasteiger partial charge in [-0.3, -0.25) is 9.80 Å². The Kier molecular flexibility index (Phi) is 9.20. The van der Waals surface area contributed by atoms with Crippen molar-refractivity contribution in [2.45, 2.75) is 18.9 Å². The summed E-state index contributed by atoms with van der Waals surface area (Å²) in [6, 6.07) is 7.49. The molecule has 0 bridgehead atoms. The minimum Gasteiger partial charge on any atom is -0.399 e. The molecular weight excluding hydrogens is 357 g/mol. The Morgan fingerprint density at radius 2 is 1.61 bits per heavy atom. The van der Waals surface area contributed by atoms with Gasteiger partial charge in [0.05, 0.1) is 6.54 Å². The van der Waals surface area contributed by atoms with Crippen LogP contribution in [0.25, 0.3) is 0 Å². The van der Waals surface area contributed by atoms with Crippen LogP contribution in [0.15, 0.2) is 24.3 Å². The van der Waals surface area contributed by atoms with E-state index in [0.29, 0.717) is 38.4 Å². The lowest BCUT2D eigenvalue weighted by Crippen LogP contribution is -2.51.